The molecule has 1 heterocycles. The molecule has 144 valence electrons. The third-order valence-corrected chi connectivity index (χ3v) is 4.67. The van der Waals surface area contributed by atoms with Gasteiger partial charge in [-0.25, -0.2) is 9.59 Å². The summed E-state index contributed by atoms with van der Waals surface area (Å²) in [6, 6.07) is 12.4. The number of benzene rings is 2. The standard InChI is InChI=1S/C20H19N3O5/c1-20(18(27)22-19(28)23-20)15-8-6-13(7-9-15)16(24)21-11-10-12-2-4-14(5-3-12)17(25)26/h2-9H,10-11H2,1H3,(H,21,24)(H,25,26)(H2,22,23,27,28)/t20-/m1/s1. The van der Waals surface area contributed by atoms with Gasteiger partial charge in [-0.3, -0.25) is 14.9 Å². The topological polar surface area (TPSA) is 125 Å². The molecule has 1 aliphatic rings. The highest BCUT2D eigenvalue weighted by molar-refractivity contribution is 6.07. The number of carbonyl (C=O) groups is 4. The summed E-state index contributed by atoms with van der Waals surface area (Å²) in [7, 11) is 0. The molecule has 4 N–H and O–H groups in total. The predicted octanol–water partition coefficient (Wildman–Crippen LogP) is 1.41. The zero-order valence-electron chi connectivity index (χ0n) is 15.1. The molecule has 1 fully saturated rings. The second-order valence-electron chi connectivity index (χ2n) is 6.62. The van der Waals surface area contributed by atoms with Crippen molar-refractivity contribution >= 4 is 23.8 Å². The SMILES string of the molecule is C[C@]1(c2ccc(C(=O)NCCc3ccc(C(=O)O)cc3)cc2)NC(=O)NC1=O. The minimum absolute atomic E-state index is 0.216. The maximum atomic E-state index is 12.3. The van der Waals surface area contributed by atoms with E-state index >= 15 is 0 Å². The Labute approximate surface area is 160 Å². The van der Waals surface area contributed by atoms with Gasteiger partial charge in [-0.2, -0.15) is 0 Å². The molecule has 0 radical (unpaired) electrons. The molecule has 4 amide bonds. The van der Waals surface area contributed by atoms with Crippen LogP contribution >= 0.6 is 0 Å². The van der Waals surface area contributed by atoms with E-state index in [0.717, 1.165) is 5.56 Å². The first kappa shape index (κ1) is 19.1. The van der Waals surface area contributed by atoms with E-state index < -0.39 is 23.4 Å². The fourth-order valence-electron chi connectivity index (χ4n) is 2.94. The van der Waals surface area contributed by atoms with E-state index in [1.165, 1.54) is 12.1 Å². The van der Waals surface area contributed by atoms with Crippen LogP contribution in [-0.2, 0) is 16.8 Å². The fourth-order valence-corrected chi connectivity index (χ4v) is 2.94. The minimum Gasteiger partial charge on any atom is -0.478 e. The summed E-state index contributed by atoms with van der Waals surface area (Å²) in [6.45, 7) is 1.99. The minimum atomic E-state index is -1.16. The van der Waals surface area contributed by atoms with Crippen LogP contribution < -0.4 is 16.0 Å². The third kappa shape index (κ3) is 3.85. The Bertz CT molecular complexity index is 937. The number of aromatic carboxylic acids is 1. The van der Waals surface area contributed by atoms with Gasteiger partial charge in [0, 0.05) is 12.1 Å². The molecule has 2 aromatic carbocycles. The van der Waals surface area contributed by atoms with Crippen LogP contribution in [0.25, 0.3) is 0 Å². The molecule has 3 rings (SSSR count). The molecule has 1 atom stereocenters. The molecule has 1 aliphatic heterocycles. The highest BCUT2D eigenvalue weighted by Crippen LogP contribution is 2.24. The lowest BCUT2D eigenvalue weighted by molar-refractivity contribution is -0.123. The van der Waals surface area contributed by atoms with Crippen molar-refractivity contribution in [2.45, 2.75) is 18.9 Å². The number of urea groups is 1. The molecule has 0 aromatic heterocycles. The maximum absolute atomic E-state index is 12.3. The van der Waals surface area contributed by atoms with Gasteiger partial charge in [0.2, 0.25) is 0 Å². The van der Waals surface area contributed by atoms with Crippen LogP contribution in [0, 0.1) is 0 Å². The van der Waals surface area contributed by atoms with Crippen LogP contribution in [0.5, 0.6) is 0 Å². The molecule has 28 heavy (non-hydrogen) atoms. The van der Waals surface area contributed by atoms with Gasteiger partial charge in [0.15, 0.2) is 0 Å². The molecule has 8 heteroatoms. The largest absolute Gasteiger partial charge is 0.478 e. The Morgan fingerprint density at radius 2 is 1.61 bits per heavy atom. The van der Waals surface area contributed by atoms with Crippen LogP contribution in [0.15, 0.2) is 48.5 Å². The number of amides is 4. The summed E-state index contributed by atoms with van der Waals surface area (Å²) in [4.78, 5) is 46.4. The third-order valence-electron chi connectivity index (χ3n) is 4.67. The number of carbonyl (C=O) groups excluding carboxylic acids is 3. The highest BCUT2D eigenvalue weighted by Gasteiger charge is 2.43. The van der Waals surface area contributed by atoms with E-state index in [1.54, 1.807) is 43.3 Å². The lowest BCUT2D eigenvalue weighted by Crippen LogP contribution is -2.40. The van der Waals surface area contributed by atoms with Gasteiger partial charge >= 0.3 is 12.0 Å². The zero-order valence-corrected chi connectivity index (χ0v) is 15.1. The second kappa shape index (κ2) is 7.51. The van der Waals surface area contributed by atoms with Gasteiger partial charge in [-0.1, -0.05) is 24.3 Å². The van der Waals surface area contributed by atoms with E-state index in [-0.39, 0.29) is 11.5 Å². The molecule has 2 aromatic rings. The van der Waals surface area contributed by atoms with Gasteiger partial charge in [0.05, 0.1) is 5.56 Å². The number of rotatable bonds is 6. The van der Waals surface area contributed by atoms with Crippen molar-refractivity contribution in [3.05, 3.63) is 70.8 Å². The van der Waals surface area contributed by atoms with Crippen LogP contribution in [0.4, 0.5) is 4.79 Å². The van der Waals surface area contributed by atoms with E-state index in [1.807, 2.05) is 0 Å². The Balaban J connectivity index is 1.57. The summed E-state index contributed by atoms with van der Waals surface area (Å²) >= 11 is 0. The zero-order chi connectivity index (χ0) is 20.3. The number of carboxylic acids is 1. The summed E-state index contributed by atoms with van der Waals surface area (Å²) in [5.74, 6) is -1.69. The van der Waals surface area contributed by atoms with Gasteiger partial charge in [0.25, 0.3) is 11.8 Å². The molecule has 0 bridgehead atoms. The van der Waals surface area contributed by atoms with Gasteiger partial charge in [-0.15, -0.1) is 0 Å². The van der Waals surface area contributed by atoms with E-state index in [2.05, 4.69) is 16.0 Å². The number of imide groups is 1. The molecule has 8 nitrogen and oxygen atoms in total. The van der Waals surface area contributed by atoms with Crippen molar-refractivity contribution in [1.29, 1.82) is 0 Å². The molecule has 0 spiro atoms. The lowest BCUT2D eigenvalue weighted by atomic mass is 9.91. The van der Waals surface area contributed by atoms with Crippen molar-refractivity contribution in [2.75, 3.05) is 6.54 Å². The molecular weight excluding hydrogens is 362 g/mol. The quantitative estimate of drug-likeness (QED) is 0.563. The molecule has 0 unspecified atom stereocenters. The lowest BCUT2D eigenvalue weighted by Gasteiger charge is -2.21. The van der Waals surface area contributed by atoms with Crippen LogP contribution in [0.1, 0.15) is 38.8 Å². The van der Waals surface area contributed by atoms with Gasteiger partial charge in [0.1, 0.15) is 5.54 Å². The normalized spacial score (nSPS) is 18.3. The van der Waals surface area contributed by atoms with Crippen molar-refractivity contribution in [1.82, 2.24) is 16.0 Å². The summed E-state index contributed by atoms with van der Waals surface area (Å²) < 4.78 is 0. The summed E-state index contributed by atoms with van der Waals surface area (Å²) in [5.41, 5.74) is 0.975. The molecule has 0 saturated carbocycles. The van der Waals surface area contributed by atoms with E-state index in [9.17, 15) is 19.2 Å². The Hall–Kier alpha value is -3.68. The van der Waals surface area contributed by atoms with Crippen molar-refractivity contribution in [2.24, 2.45) is 0 Å². The Morgan fingerprint density at radius 3 is 2.14 bits per heavy atom. The van der Waals surface area contributed by atoms with Crippen LogP contribution in [0.2, 0.25) is 0 Å². The van der Waals surface area contributed by atoms with Crippen molar-refractivity contribution < 1.29 is 24.3 Å². The Morgan fingerprint density at radius 1 is 1.00 bits per heavy atom. The van der Waals surface area contributed by atoms with Crippen molar-refractivity contribution in [3.63, 3.8) is 0 Å². The van der Waals surface area contributed by atoms with E-state index in [0.29, 0.717) is 24.1 Å². The molecular formula is C20H19N3O5. The number of carboxylic acid groups (broad SMARTS) is 1. The molecule has 1 saturated heterocycles. The summed E-state index contributed by atoms with van der Waals surface area (Å²) in [6.07, 6.45) is 0.563. The van der Waals surface area contributed by atoms with Crippen molar-refractivity contribution in [3.8, 4) is 0 Å². The average molecular weight is 381 g/mol. The number of nitrogens with one attached hydrogen (secondary N) is 3. The smallest absolute Gasteiger partial charge is 0.335 e. The Kier molecular flexibility index (Phi) is 5.12. The highest BCUT2D eigenvalue weighted by atomic mass is 16.4. The molecule has 0 aliphatic carbocycles. The first-order valence-electron chi connectivity index (χ1n) is 8.64. The monoisotopic (exact) mass is 381 g/mol. The van der Waals surface area contributed by atoms with Gasteiger partial charge < -0.3 is 15.7 Å². The van der Waals surface area contributed by atoms with Crippen LogP contribution in [0.3, 0.4) is 0 Å². The predicted molar refractivity (Wildman–Crippen MR) is 99.9 cm³/mol. The van der Waals surface area contributed by atoms with Crippen LogP contribution in [-0.4, -0.2) is 35.5 Å². The maximum Gasteiger partial charge on any atom is 0.335 e. The average Bonchev–Trinajstić information content (AvgIpc) is 2.95. The second-order valence-corrected chi connectivity index (χ2v) is 6.62. The first-order chi connectivity index (χ1) is 13.3. The fraction of sp³-hybridized carbons (Fsp3) is 0.200. The number of hydrogen-bond donors (Lipinski definition) is 4. The van der Waals surface area contributed by atoms with Gasteiger partial charge in [-0.05, 0) is 48.7 Å². The first-order valence-corrected chi connectivity index (χ1v) is 8.64. The number of hydrogen-bond acceptors (Lipinski definition) is 4. The summed E-state index contributed by atoms with van der Waals surface area (Å²) in [5, 5.41) is 16.4. The van der Waals surface area contributed by atoms with E-state index in [4.69, 9.17) is 5.11 Å².